The van der Waals surface area contributed by atoms with Crippen molar-refractivity contribution in [3.05, 3.63) is 64.4 Å². The van der Waals surface area contributed by atoms with Gasteiger partial charge in [-0.25, -0.2) is 4.79 Å². The number of nitrogens with zero attached hydrogens (tertiary/aromatic N) is 4. The van der Waals surface area contributed by atoms with Crippen LogP contribution in [-0.4, -0.2) is 31.8 Å². The van der Waals surface area contributed by atoms with E-state index in [2.05, 4.69) is 15.5 Å². The van der Waals surface area contributed by atoms with Gasteiger partial charge in [-0.05, 0) is 45.0 Å². The molecule has 0 atom stereocenters. The fourth-order valence-electron chi connectivity index (χ4n) is 3.83. The number of nitrogens with one attached hydrogen (secondary N) is 1. The zero-order valence-electron chi connectivity index (χ0n) is 19.2. The molecule has 172 valence electrons. The summed E-state index contributed by atoms with van der Waals surface area (Å²) >= 11 is 0. The zero-order chi connectivity index (χ0) is 23.5. The molecular formula is C24H27N5O4. The zero-order valence-corrected chi connectivity index (χ0v) is 19.2. The number of amides is 1. The van der Waals surface area contributed by atoms with Crippen LogP contribution in [0.4, 0.5) is 0 Å². The smallest absolute Gasteiger partial charge is 0.329 e. The SMILES string of the molecule is CCOc1ccccc1CNC(=O)Cn1c(=O)n(C(C)C)c2ccc(-c3noc(C)n3)cc21. The second kappa shape index (κ2) is 9.32. The van der Waals surface area contributed by atoms with Gasteiger partial charge >= 0.3 is 5.69 Å². The minimum absolute atomic E-state index is 0.0688. The fraction of sp³-hybridized carbons (Fsp3) is 0.333. The summed E-state index contributed by atoms with van der Waals surface area (Å²) in [5, 5.41) is 6.86. The number of aromatic nitrogens is 4. The number of fused-ring (bicyclic) bond motifs is 1. The van der Waals surface area contributed by atoms with E-state index in [1.54, 1.807) is 11.5 Å². The van der Waals surface area contributed by atoms with Crippen molar-refractivity contribution in [3.8, 4) is 17.1 Å². The van der Waals surface area contributed by atoms with Gasteiger partial charge in [-0.2, -0.15) is 4.98 Å². The van der Waals surface area contributed by atoms with Crippen LogP contribution in [-0.2, 0) is 17.9 Å². The molecule has 0 saturated heterocycles. The van der Waals surface area contributed by atoms with Crippen molar-refractivity contribution in [1.29, 1.82) is 0 Å². The molecule has 2 aromatic carbocycles. The molecule has 0 spiro atoms. The number of benzene rings is 2. The predicted octanol–water partition coefficient (Wildman–Crippen LogP) is 3.46. The van der Waals surface area contributed by atoms with Gasteiger partial charge in [0.05, 0.1) is 17.6 Å². The van der Waals surface area contributed by atoms with Gasteiger partial charge in [0, 0.05) is 30.6 Å². The first kappa shape index (κ1) is 22.3. The summed E-state index contributed by atoms with van der Waals surface area (Å²) in [5.74, 6) is 1.34. The number of para-hydroxylation sites is 1. The second-order valence-corrected chi connectivity index (χ2v) is 7.99. The first-order chi connectivity index (χ1) is 15.9. The lowest BCUT2D eigenvalue weighted by Crippen LogP contribution is -2.33. The van der Waals surface area contributed by atoms with Crippen LogP contribution in [0.3, 0.4) is 0 Å². The fourth-order valence-corrected chi connectivity index (χ4v) is 3.83. The molecule has 9 heteroatoms. The van der Waals surface area contributed by atoms with Gasteiger partial charge in [0.15, 0.2) is 0 Å². The van der Waals surface area contributed by atoms with Gasteiger partial charge in [0.25, 0.3) is 0 Å². The van der Waals surface area contributed by atoms with Gasteiger partial charge in [0.1, 0.15) is 12.3 Å². The third kappa shape index (κ3) is 4.52. The maximum Gasteiger partial charge on any atom is 0.329 e. The van der Waals surface area contributed by atoms with Crippen LogP contribution in [0.15, 0.2) is 51.8 Å². The van der Waals surface area contributed by atoms with Crippen LogP contribution in [0.2, 0.25) is 0 Å². The molecule has 1 N–H and O–H groups in total. The van der Waals surface area contributed by atoms with E-state index in [4.69, 9.17) is 9.26 Å². The average molecular weight is 450 g/mol. The normalized spacial score (nSPS) is 11.3. The molecule has 33 heavy (non-hydrogen) atoms. The number of carbonyl (C=O) groups excluding carboxylic acids is 1. The molecule has 9 nitrogen and oxygen atoms in total. The summed E-state index contributed by atoms with van der Waals surface area (Å²) in [7, 11) is 0. The second-order valence-electron chi connectivity index (χ2n) is 7.99. The molecule has 4 aromatic rings. The highest BCUT2D eigenvalue weighted by Crippen LogP contribution is 2.24. The molecule has 2 aromatic heterocycles. The Morgan fingerprint density at radius 1 is 1.18 bits per heavy atom. The molecule has 0 aliphatic heterocycles. The maximum absolute atomic E-state index is 13.2. The molecule has 0 aliphatic carbocycles. The number of hydrogen-bond donors (Lipinski definition) is 1. The quantitative estimate of drug-likeness (QED) is 0.442. The third-order valence-corrected chi connectivity index (χ3v) is 5.32. The van der Waals surface area contributed by atoms with Crippen LogP contribution in [0.5, 0.6) is 5.75 Å². The molecule has 0 unspecified atom stereocenters. The first-order valence-corrected chi connectivity index (χ1v) is 10.9. The summed E-state index contributed by atoms with van der Waals surface area (Å²) in [5.41, 5.74) is 2.72. The molecule has 0 radical (unpaired) electrons. The van der Waals surface area contributed by atoms with Crippen molar-refractivity contribution in [2.75, 3.05) is 6.61 Å². The number of hydrogen-bond acceptors (Lipinski definition) is 6. The molecule has 4 rings (SSSR count). The Morgan fingerprint density at radius 3 is 2.67 bits per heavy atom. The van der Waals surface area contributed by atoms with E-state index in [1.165, 1.54) is 4.57 Å². The number of carbonyl (C=O) groups is 1. The van der Waals surface area contributed by atoms with Crippen LogP contribution in [0.25, 0.3) is 22.4 Å². The van der Waals surface area contributed by atoms with Crippen molar-refractivity contribution in [2.45, 2.75) is 46.8 Å². The molecule has 0 saturated carbocycles. The Kier molecular flexibility index (Phi) is 6.30. The van der Waals surface area contributed by atoms with Crippen LogP contribution in [0, 0.1) is 6.92 Å². The number of aryl methyl sites for hydroxylation is 1. The standard InChI is InChI=1S/C24H27N5O4/c1-5-32-21-9-7-6-8-18(21)13-25-22(30)14-28-20-12-17(23-26-16(4)33-27-23)10-11-19(20)29(15(2)3)24(28)31/h6-12,15H,5,13-14H2,1-4H3,(H,25,30). The number of ether oxygens (including phenoxy) is 1. The number of imidazole rings is 1. The molecular weight excluding hydrogens is 422 g/mol. The van der Waals surface area contributed by atoms with E-state index >= 15 is 0 Å². The Hall–Kier alpha value is -3.88. The van der Waals surface area contributed by atoms with E-state index in [-0.39, 0.29) is 24.2 Å². The minimum atomic E-state index is -0.271. The highest BCUT2D eigenvalue weighted by atomic mass is 16.5. The monoisotopic (exact) mass is 449 g/mol. The Bertz CT molecular complexity index is 1350. The summed E-state index contributed by atoms with van der Waals surface area (Å²) in [6.45, 7) is 8.24. The highest BCUT2D eigenvalue weighted by molar-refractivity contribution is 5.84. The van der Waals surface area contributed by atoms with Gasteiger partial charge in [-0.1, -0.05) is 23.4 Å². The molecule has 0 fully saturated rings. The lowest BCUT2D eigenvalue weighted by atomic mass is 10.2. The van der Waals surface area contributed by atoms with Crippen molar-refractivity contribution < 1.29 is 14.1 Å². The first-order valence-electron chi connectivity index (χ1n) is 10.9. The summed E-state index contributed by atoms with van der Waals surface area (Å²) in [6.07, 6.45) is 0. The van der Waals surface area contributed by atoms with Gasteiger partial charge < -0.3 is 14.6 Å². The van der Waals surface area contributed by atoms with Crippen LogP contribution in [0.1, 0.15) is 38.3 Å². The topological polar surface area (TPSA) is 104 Å². The van der Waals surface area contributed by atoms with E-state index < -0.39 is 0 Å². The van der Waals surface area contributed by atoms with E-state index in [1.807, 2.05) is 63.2 Å². The molecule has 1 amide bonds. The lowest BCUT2D eigenvalue weighted by Gasteiger charge is -2.11. The number of rotatable bonds is 8. The van der Waals surface area contributed by atoms with Crippen molar-refractivity contribution in [3.63, 3.8) is 0 Å². The van der Waals surface area contributed by atoms with E-state index in [0.717, 1.165) is 16.8 Å². The van der Waals surface area contributed by atoms with Crippen molar-refractivity contribution in [1.82, 2.24) is 24.6 Å². The van der Waals surface area contributed by atoms with E-state index in [9.17, 15) is 9.59 Å². The average Bonchev–Trinajstić information content (AvgIpc) is 3.34. The maximum atomic E-state index is 13.2. The predicted molar refractivity (Wildman–Crippen MR) is 124 cm³/mol. The van der Waals surface area contributed by atoms with Crippen molar-refractivity contribution in [2.24, 2.45) is 0 Å². The van der Waals surface area contributed by atoms with Gasteiger partial charge in [0.2, 0.25) is 17.6 Å². The largest absolute Gasteiger partial charge is 0.494 e. The summed E-state index contributed by atoms with van der Waals surface area (Å²) in [6, 6.07) is 13.0. The summed E-state index contributed by atoms with van der Waals surface area (Å²) in [4.78, 5) is 30.3. The van der Waals surface area contributed by atoms with Crippen molar-refractivity contribution >= 4 is 16.9 Å². The summed E-state index contributed by atoms with van der Waals surface area (Å²) < 4.78 is 13.9. The van der Waals surface area contributed by atoms with Gasteiger partial charge in [-0.3, -0.25) is 13.9 Å². The Morgan fingerprint density at radius 2 is 1.97 bits per heavy atom. The van der Waals surface area contributed by atoms with Crippen LogP contribution >= 0.6 is 0 Å². The van der Waals surface area contributed by atoms with Crippen LogP contribution < -0.4 is 15.7 Å². The lowest BCUT2D eigenvalue weighted by molar-refractivity contribution is -0.121. The van der Waals surface area contributed by atoms with Gasteiger partial charge in [-0.15, -0.1) is 0 Å². The Labute approximate surface area is 191 Å². The molecule has 0 bridgehead atoms. The highest BCUT2D eigenvalue weighted by Gasteiger charge is 2.19. The third-order valence-electron chi connectivity index (χ3n) is 5.32. The molecule has 2 heterocycles. The Balaban J connectivity index is 1.64. The minimum Gasteiger partial charge on any atom is -0.494 e. The van der Waals surface area contributed by atoms with E-state index in [0.29, 0.717) is 35.9 Å². The molecule has 0 aliphatic rings.